The van der Waals surface area contributed by atoms with E-state index >= 15 is 0 Å². The second kappa shape index (κ2) is 38.8. The van der Waals surface area contributed by atoms with Crippen molar-refractivity contribution in [2.75, 3.05) is 54.1 Å². The van der Waals surface area contributed by atoms with Crippen molar-refractivity contribution >= 4 is 13.8 Å². The molecule has 0 spiro atoms. The van der Waals surface area contributed by atoms with Crippen LogP contribution in [0.5, 0.6) is 0 Å². The van der Waals surface area contributed by atoms with Crippen LogP contribution < -0.4 is 4.89 Å². The van der Waals surface area contributed by atoms with Gasteiger partial charge < -0.3 is 27.9 Å². The largest absolute Gasteiger partial charge is 0.756 e. The van der Waals surface area contributed by atoms with Gasteiger partial charge in [-0.1, -0.05) is 157 Å². The van der Waals surface area contributed by atoms with Gasteiger partial charge in [0.1, 0.15) is 19.3 Å². The summed E-state index contributed by atoms with van der Waals surface area (Å²) in [6, 6.07) is 0. The molecule has 2 atom stereocenters. The first-order valence-electron chi connectivity index (χ1n) is 21.7. The first kappa shape index (κ1) is 52.9. The summed E-state index contributed by atoms with van der Waals surface area (Å²) in [6.07, 6.45) is 49.2. The van der Waals surface area contributed by atoms with E-state index in [-0.39, 0.29) is 25.8 Å². The molecule has 0 aliphatic rings. The van der Waals surface area contributed by atoms with Crippen molar-refractivity contribution in [3.8, 4) is 0 Å². The van der Waals surface area contributed by atoms with Crippen LogP contribution in [0.3, 0.4) is 0 Å². The van der Waals surface area contributed by atoms with Gasteiger partial charge in [-0.2, -0.15) is 0 Å². The maximum absolute atomic E-state index is 12.6. The highest BCUT2D eigenvalue weighted by atomic mass is 31.2. The molecule has 0 N–H and O–H groups in total. The highest BCUT2D eigenvalue weighted by molar-refractivity contribution is 7.45. The first-order chi connectivity index (χ1) is 26.6. The molecule has 0 bridgehead atoms. The smallest absolute Gasteiger partial charge is 0.306 e. The standard InChI is InChI=1S/C46H82NO7P/c1-6-8-10-12-14-16-17-18-19-20-21-22-23-24-25-26-27-28-29-30-31-32-33-35-37-39-46(48)54-45(43-51-41-38-36-34-15-13-11-9-7-2)44-53-55(49,50)52-42-40-47(3,4)5/h8,10,14,16,18-19,21-22,24-25,27-28,45H,6-7,9,11-13,15,17,20,23,26,29-44H2,1-5H3/b10-8-,16-14-,19-18-,22-21-,25-24-,28-27-. The average molecular weight is 792 g/mol. The number of allylic oxidation sites excluding steroid dienone is 12. The Morgan fingerprint density at radius 2 is 1.05 bits per heavy atom. The quantitative estimate of drug-likeness (QED) is 0.0201. The molecule has 318 valence electrons. The summed E-state index contributed by atoms with van der Waals surface area (Å²) in [4.78, 5) is 25.0. The van der Waals surface area contributed by atoms with Crippen molar-refractivity contribution in [1.29, 1.82) is 0 Å². The molecule has 0 rings (SSSR count). The van der Waals surface area contributed by atoms with E-state index < -0.39 is 13.9 Å². The van der Waals surface area contributed by atoms with Gasteiger partial charge in [0.15, 0.2) is 0 Å². The van der Waals surface area contributed by atoms with Gasteiger partial charge in [0.05, 0.1) is 34.4 Å². The lowest BCUT2D eigenvalue weighted by Gasteiger charge is -2.28. The van der Waals surface area contributed by atoms with Gasteiger partial charge in [0.2, 0.25) is 0 Å². The minimum Gasteiger partial charge on any atom is -0.756 e. The summed E-state index contributed by atoms with van der Waals surface area (Å²) in [7, 11) is 1.33. The van der Waals surface area contributed by atoms with Gasteiger partial charge in [-0.3, -0.25) is 9.36 Å². The number of ether oxygens (including phenoxy) is 2. The number of unbranched alkanes of at least 4 members (excludes halogenated alkanes) is 13. The van der Waals surface area contributed by atoms with E-state index in [1.165, 1.54) is 51.4 Å². The lowest BCUT2D eigenvalue weighted by molar-refractivity contribution is -0.870. The van der Waals surface area contributed by atoms with Gasteiger partial charge >= 0.3 is 5.97 Å². The van der Waals surface area contributed by atoms with Crippen LogP contribution >= 0.6 is 7.82 Å². The number of rotatable bonds is 39. The van der Waals surface area contributed by atoms with Crippen LogP contribution in [0.2, 0.25) is 0 Å². The molecule has 0 radical (unpaired) electrons. The zero-order valence-electron chi connectivity index (χ0n) is 35.8. The molecule has 0 heterocycles. The Balaban J connectivity index is 4.16. The fourth-order valence-electron chi connectivity index (χ4n) is 5.43. The number of quaternary nitrogens is 1. The highest BCUT2D eigenvalue weighted by Crippen LogP contribution is 2.38. The van der Waals surface area contributed by atoms with E-state index in [9.17, 15) is 14.3 Å². The Morgan fingerprint density at radius 3 is 1.58 bits per heavy atom. The average Bonchev–Trinajstić information content (AvgIpc) is 3.13. The fraction of sp³-hybridized carbons (Fsp3) is 0.717. The van der Waals surface area contributed by atoms with Crippen LogP contribution in [0.15, 0.2) is 72.9 Å². The van der Waals surface area contributed by atoms with E-state index in [2.05, 4.69) is 86.8 Å². The summed E-state index contributed by atoms with van der Waals surface area (Å²) >= 11 is 0. The Bertz CT molecular complexity index is 1110. The first-order valence-corrected chi connectivity index (χ1v) is 23.1. The monoisotopic (exact) mass is 792 g/mol. The van der Waals surface area contributed by atoms with Crippen LogP contribution in [0, 0.1) is 0 Å². The summed E-state index contributed by atoms with van der Waals surface area (Å²) in [5.41, 5.74) is 0. The minimum absolute atomic E-state index is 0.0200. The van der Waals surface area contributed by atoms with E-state index in [1.54, 1.807) is 0 Å². The Morgan fingerprint density at radius 1 is 0.582 bits per heavy atom. The number of hydrogen-bond acceptors (Lipinski definition) is 7. The van der Waals surface area contributed by atoms with E-state index in [1.807, 2.05) is 21.1 Å². The summed E-state index contributed by atoms with van der Waals surface area (Å²) in [6.45, 7) is 5.23. The van der Waals surface area contributed by atoms with Crippen molar-refractivity contribution in [2.45, 2.75) is 161 Å². The molecule has 9 heteroatoms. The molecule has 0 saturated heterocycles. The van der Waals surface area contributed by atoms with Crippen LogP contribution in [0.25, 0.3) is 0 Å². The molecule has 0 aromatic rings. The number of nitrogens with zero attached hydrogens (tertiary/aromatic N) is 1. The van der Waals surface area contributed by atoms with Crippen LogP contribution in [0.4, 0.5) is 0 Å². The number of esters is 1. The zero-order valence-corrected chi connectivity index (χ0v) is 36.7. The lowest BCUT2D eigenvalue weighted by atomic mass is 10.1. The Labute approximate surface area is 338 Å². The third-order valence-electron chi connectivity index (χ3n) is 8.77. The second-order valence-electron chi connectivity index (χ2n) is 15.3. The molecule has 2 unspecified atom stereocenters. The molecular formula is C46H82NO7P. The van der Waals surface area contributed by atoms with Gasteiger partial charge in [-0.05, 0) is 64.2 Å². The van der Waals surface area contributed by atoms with Crippen LogP contribution in [-0.4, -0.2) is 70.7 Å². The number of carbonyl (C=O) groups excluding carboxylic acids is 1. The number of carbonyl (C=O) groups is 1. The van der Waals surface area contributed by atoms with Crippen LogP contribution in [0.1, 0.15) is 155 Å². The summed E-state index contributed by atoms with van der Waals surface area (Å²) in [5.74, 6) is -0.353. The van der Waals surface area contributed by atoms with Crippen molar-refractivity contribution in [1.82, 2.24) is 0 Å². The molecule has 0 aliphatic carbocycles. The predicted molar refractivity (Wildman–Crippen MR) is 231 cm³/mol. The van der Waals surface area contributed by atoms with Crippen molar-refractivity contribution in [3.05, 3.63) is 72.9 Å². The normalized spacial score (nSPS) is 14.5. The maximum Gasteiger partial charge on any atom is 0.306 e. The van der Waals surface area contributed by atoms with Gasteiger partial charge in [0, 0.05) is 13.0 Å². The highest BCUT2D eigenvalue weighted by Gasteiger charge is 2.20. The minimum atomic E-state index is -4.52. The van der Waals surface area contributed by atoms with E-state index in [4.69, 9.17) is 18.5 Å². The van der Waals surface area contributed by atoms with E-state index in [0.29, 0.717) is 24.1 Å². The molecule has 0 saturated carbocycles. The second-order valence-corrected chi connectivity index (χ2v) is 16.7. The number of likely N-dealkylation sites (N-methyl/N-ethyl adjacent to an activating group) is 1. The molecule has 0 aromatic heterocycles. The molecule has 8 nitrogen and oxygen atoms in total. The van der Waals surface area contributed by atoms with Gasteiger partial charge in [-0.15, -0.1) is 0 Å². The fourth-order valence-corrected chi connectivity index (χ4v) is 6.16. The van der Waals surface area contributed by atoms with Gasteiger partial charge in [-0.25, -0.2) is 0 Å². The summed E-state index contributed by atoms with van der Waals surface area (Å²) < 4.78 is 34.4. The predicted octanol–water partition coefficient (Wildman–Crippen LogP) is 12.1. The Hall–Kier alpha value is -2.06. The topological polar surface area (TPSA) is 94.1 Å². The third-order valence-corrected chi connectivity index (χ3v) is 9.74. The Kier molecular flexibility index (Phi) is 37.3. The SMILES string of the molecule is CC/C=C\C/C=C\C/C=C\C/C=C\C/C=C\C/C=C\CCCCCCCCC(=O)OC(COCCCCCCCCCC)COP(=O)([O-])OCC[N+](C)(C)C. The van der Waals surface area contributed by atoms with Crippen LogP contribution in [-0.2, 0) is 27.9 Å². The van der Waals surface area contributed by atoms with E-state index in [0.717, 1.165) is 83.5 Å². The number of phosphoric acid groups is 1. The number of hydrogen-bond donors (Lipinski definition) is 0. The van der Waals surface area contributed by atoms with Crippen molar-refractivity contribution in [3.63, 3.8) is 0 Å². The van der Waals surface area contributed by atoms with Gasteiger partial charge in [0.25, 0.3) is 7.82 Å². The number of phosphoric ester groups is 1. The molecule has 0 amide bonds. The van der Waals surface area contributed by atoms with Crippen molar-refractivity contribution in [2.24, 2.45) is 0 Å². The molecule has 0 aromatic carbocycles. The molecular weight excluding hydrogens is 709 g/mol. The van der Waals surface area contributed by atoms with Crippen molar-refractivity contribution < 1.29 is 37.3 Å². The molecule has 0 fully saturated rings. The lowest BCUT2D eigenvalue weighted by Crippen LogP contribution is -2.37. The maximum atomic E-state index is 12.6. The third kappa shape index (κ3) is 42.9. The molecule has 0 aliphatic heterocycles. The zero-order chi connectivity index (χ0) is 40.6. The summed E-state index contributed by atoms with van der Waals surface area (Å²) in [5, 5.41) is 0. The molecule has 55 heavy (non-hydrogen) atoms.